The Labute approximate surface area is 157 Å². The van der Waals surface area contributed by atoms with E-state index in [9.17, 15) is 9.59 Å². The molecule has 6 nitrogen and oxygen atoms in total. The van der Waals surface area contributed by atoms with Gasteiger partial charge in [-0.3, -0.25) is 9.59 Å². The number of nitrogens with zero attached hydrogens (tertiary/aromatic N) is 1. The fourth-order valence-electron chi connectivity index (χ4n) is 2.51. The Bertz CT molecular complexity index is 767. The fourth-order valence-corrected chi connectivity index (χ4v) is 3.09. The minimum absolute atomic E-state index is 0.0746. The SMILES string of the molecule is COc1ccccc1N(CCC(N)=O)C(=O)CNc1ccccc1SC. The van der Waals surface area contributed by atoms with Crippen molar-refractivity contribution in [1.29, 1.82) is 0 Å². The summed E-state index contributed by atoms with van der Waals surface area (Å²) in [5.74, 6) is -0.0696. The lowest BCUT2D eigenvalue weighted by Gasteiger charge is -2.24. The lowest BCUT2D eigenvalue weighted by atomic mass is 10.2. The molecule has 0 fully saturated rings. The van der Waals surface area contributed by atoms with Gasteiger partial charge in [-0.2, -0.15) is 0 Å². The zero-order valence-corrected chi connectivity index (χ0v) is 15.7. The number of methoxy groups -OCH3 is 1. The molecule has 0 aliphatic carbocycles. The summed E-state index contributed by atoms with van der Waals surface area (Å²) in [6, 6.07) is 15.0. The van der Waals surface area contributed by atoms with Crippen LogP contribution in [0.3, 0.4) is 0 Å². The smallest absolute Gasteiger partial charge is 0.246 e. The lowest BCUT2D eigenvalue weighted by Crippen LogP contribution is -2.38. The molecular weight excluding hydrogens is 350 g/mol. The standard InChI is InChI=1S/C19H23N3O3S/c1-25-16-9-5-4-8-15(16)22(12-11-18(20)23)19(24)13-21-14-7-3-6-10-17(14)26-2/h3-10,21H,11-13H2,1-2H3,(H2,20,23). The quantitative estimate of drug-likeness (QED) is 0.660. The second-order valence-electron chi connectivity index (χ2n) is 5.49. The molecular formula is C19H23N3O3S. The number of rotatable bonds is 9. The Balaban J connectivity index is 2.18. The summed E-state index contributed by atoms with van der Waals surface area (Å²) < 4.78 is 5.35. The van der Waals surface area contributed by atoms with Gasteiger partial charge in [0.15, 0.2) is 0 Å². The number of amides is 2. The highest BCUT2D eigenvalue weighted by Crippen LogP contribution is 2.28. The number of para-hydroxylation sites is 3. The number of primary amides is 1. The van der Waals surface area contributed by atoms with Gasteiger partial charge in [0.25, 0.3) is 0 Å². The van der Waals surface area contributed by atoms with Crippen molar-refractivity contribution in [3.05, 3.63) is 48.5 Å². The van der Waals surface area contributed by atoms with E-state index in [1.165, 1.54) is 4.90 Å². The third kappa shape index (κ3) is 5.16. The Morgan fingerprint density at radius 3 is 2.54 bits per heavy atom. The maximum absolute atomic E-state index is 12.8. The highest BCUT2D eigenvalue weighted by Gasteiger charge is 2.20. The lowest BCUT2D eigenvalue weighted by molar-refractivity contribution is -0.118. The number of thioether (sulfide) groups is 1. The van der Waals surface area contributed by atoms with Crippen molar-refractivity contribution < 1.29 is 14.3 Å². The molecule has 0 saturated carbocycles. The normalized spacial score (nSPS) is 10.2. The number of hydrogen-bond donors (Lipinski definition) is 2. The largest absolute Gasteiger partial charge is 0.495 e. The van der Waals surface area contributed by atoms with Crippen molar-refractivity contribution in [3.63, 3.8) is 0 Å². The van der Waals surface area contributed by atoms with Gasteiger partial charge < -0.3 is 20.7 Å². The fraction of sp³-hybridized carbons (Fsp3) is 0.263. The van der Waals surface area contributed by atoms with Crippen LogP contribution in [0.15, 0.2) is 53.4 Å². The van der Waals surface area contributed by atoms with Gasteiger partial charge in [0, 0.05) is 23.5 Å². The Hall–Kier alpha value is -2.67. The summed E-state index contributed by atoms with van der Waals surface area (Å²) in [5.41, 5.74) is 6.77. The molecule has 26 heavy (non-hydrogen) atoms. The maximum Gasteiger partial charge on any atom is 0.246 e. The van der Waals surface area contributed by atoms with Gasteiger partial charge in [0.2, 0.25) is 11.8 Å². The number of hydrogen-bond acceptors (Lipinski definition) is 5. The molecule has 2 aromatic rings. The molecule has 0 bridgehead atoms. The maximum atomic E-state index is 12.8. The van der Waals surface area contributed by atoms with Crippen LogP contribution in [0.1, 0.15) is 6.42 Å². The van der Waals surface area contributed by atoms with E-state index in [1.54, 1.807) is 31.0 Å². The van der Waals surface area contributed by atoms with Crippen LogP contribution >= 0.6 is 11.8 Å². The molecule has 138 valence electrons. The van der Waals surface area contributed by atoms with Crippen LogP contribution < -0.4 is 20.7 Å². The molecule has 0 aromatic heterocycles. The first kappa shape index (κ1) is 19.7. The molecule has 0 unspecified atom stereocenters. The second-order valence-corrected chi connectivity index (χ2v) is 6.34. The highest BCUT2D eigenvalue weighted by molar-refractivity contribution is 7.98. The van der Waals surface area contributed by atoms with Crippen LogP contribution in [0.2, 0.25) is 0 Å². The zero-order valence-electron chi connectivity index (χ0n) is 14.9. The molecule has 3 N–H and O–H groups in total. The Morgan fingerprint density at radius 2 is 1.85 bits per heavy atom. The minimum Gasteiger partial charge on any atom is -0.495 e. The summed E-state index contributed by atoms with van der Waals surface area (Å²) in [5, 5.41) is 3.17. The van der Waals surface area contributed by atoms with Crippen molar-refractivity contribution in [1.82, 2.24) is 0 Å². The molecule has 0 aliphatic rings. The number of ether oxygens (including phenoxy) is 1. The summed E-state index contributed by atoms with van der Waals surface area (Å²) in [4.78, 5) is 26.6. The third-order valence-corrected chi connectivity index (χ3v) is 4.59. The monoisotopic (exact) mass is 373 g/mol. The van der Waals surface area contributed by atoms with Gasteiger partial charge in [-0.15, -0.1) is 11.8 Å². The minimum atomic E-state index is -0.460. The Kier molecular flexibility index (Phi) is 7.35. The highest BCUT2D eigenvalue weighted by atomic mass is 32.2. The summed E-state index contributed by atoms with van der Waals surface area (Å²) in [6.07, 6.45) is 2.06. The average Bonchev–Trinajstić information content (AvgIpc) is 2.66. The molecule has 0 aliphatic heterocycles. The van der Waals surface area contributed by atoms with Crippen LogP contribution in [0.5, 0.6) is 5.75 Å². The van der Waals surface area contributed by atoms with E-state index < -0.39 is 5.91 Å². The van der Waals surface area contributed by atoms with Gasteiger partial charge in [-0.1, -0.05) is 24.3 Å². The zero-order chi connectivity index (χ0) is 18.9. The molecule has 2 aromatic carbocycles. The van der Waals surface area contributed by atoms with Gasteiger partial charge in [-0.25, -0.2) is 0 Å². The number of anilines is 2. The van der Waals surface area contributed by atoms with E-state index in [-0.39, 0.29) is 25.4 Å². The molecule has 2 rings (SSSR count). The van der Waals surface area contributed by atoms with Crippen molar-refractivity contribution in [2.24, 2.45) is 5.73 Å². The molecule has 0 spiro atoms. The van der Waals surface area contributed by atoms with E-state index in [0.717, 1.165) is 10.6 Å². The van der Waals surface area contributed by atoms with E-state index in [0.29, 0.717) is 11.4 Å². The van der Waals surface area contributed by atoms with Gasteiger partial charge in [0.1, 0.15) is 5.75 Å². The van der Waals surface area contributed by atoms with Crippen LogP contribution in [0.4, 0.5) is 11.4 Å². The van der Waals surface area contributed by atoms with Crippen molar-refractivity contribution in [2.75, 3.05) is 36.7 Å². The van der Waals surface area contributed by atoms with Crippen LogP contribution in [-0.4, -0.2) is 38.3 Å². The van der Waals surface area contributed by atoms with Crippen molar-refractivity contribution >= 4 is 35.0 Å². The van der Waals surface area contributed by atoms with E-state index in [2.05, 4.69) is 5.32 Å². The van der Waals surface area contributed by atoms with Crippen molar-refractivity contribution in [3.8, 4) is 5.75 Å². The van der Waals surface area contributed by atoms with E-state index >= 15 is 0 Å². The molecule has 0 atom stereocenters. The molecule has 0 radical (unpaired) electrons. The van der Waals surface area contributed by atoms with Crippen LogP contribution in [0, 0.1) is 0 Å². The average molecular weight is 373 g/mol. The topological polar surface area (TPSA) is 84.7 Å². The molecule has 2 amide bonds. The second kappa shape index (κ2) is 9.72. The number of benzene rings is 2. The summed E-state index contributed by atoms with van der Waals surface area (Å²) in [7, 11) is 1.54. The van der Waals surface area contributed by atoms with E-state index in [1.807, 2.05) is 42.7 Å². The number of carbonyl (C=O) groups is 2. The first-order valence-electron chi connectivity index (χ1n) is 8.15. The summed E-state index contributed by atoms with van der Waals surface area (Å²) in [6.45, 7) is 0.286. The van der Waals surface area contributed by atoms with Crippen LogP contribution in [0.25, 0.3) is 0 Å². The first-order chi connectivity index (χ1) is 12.6. The predicted molar refractivity (Wildman–Crippen MR) is 106 cm³/mol. The number of nitrogens with one attached hydrogen (secondary N) is 1. The molecule has 0 saturated heterocycles. The molecule has 7 heteroatoms. The van der Waals surface area contributed by atoms with E-state index in [4.69, 9.17) is 10.5 Å². The molecule has 0 heterocycles. The predicted octanol–water partition coefficient (Wildman–Crippen LogP) is 2.74. The third-order valence-electron chi connectivity index (χ3n) is 3.80. The van der Waals surface area contributed by atoms with Gasteiger partial charge in [-0.05, 0) is 30.5 Å². The number of nitrogens with two attached hydrogens (primary N) is 1. The number of carbonyl (C=O) groups excluding carboxylic acids is 2. The Morgan fingerprint density at radius 1 is 1.15 bits per heavy atom. The van der Waals surface area contributed by atoms with Gasteiger partial charge >= 0.3 is 0 Å². The van der Waals surface area contributed by atoms with Crippen LogP contribution in [-0.2, 0) is 9.59 Å². The van der Waals surface area contributed by atoms with Gasteiger partial charge in [0.05, 0.1) is 19.3 Å². The van der Waals surface area contributed by atoms with Crippen molar-refractivity contribution in [2.45, 2.75) is 11.3 Å². The summed E-state index contributed by atoms with van der Waals surface area (Å²) >= 11 is 1.60. The first-order valence-corrected chi connectivity index (χ1v) is 9.38.